The molecule has 0 atom stereocenters. The molecule has 0 saturated carbocycles. The summed E-state index contributed by atoms with van der Waals surface area (Å²) < 4.78 is 13.5. The van der Waals surface area contributed by atoms with Crippen LogP contribution < -0.4 is 5.73 Å². The Morgan fingerprint density at radius 2 is 2.18 bits per heavy atom. The predicted octanol–water partition coefficient (Wildman–Crippen LogP) is 3.43. The Hall–Kier alpha value is -1.94. The minimum absolute atomic E-state index is 0.269. The van der Waals surface area contributed by atoms with Crippen LogP contribution in [0.1, 0.15) is 4.88 Å². The highest BCUT2D eigenvalue weighted by atomic mass is 32.1. The van der Waals surface area contributed by atoms with Crippen LogP contribution in [0.4, 0.5) is 4.39 Å². The van der Waals surface area contributed by atoms with Crippen LogP contribution in [0.5, 0.6) is 0 Å². The molecule has 86 valence electrons. The molecule has 0 unspecified atom stereocenters. The minimum Gasteiger partial charge on any atom is -0.399 e. The lowest BCUT2D eigenvalue weighted by molar-refractivity contribution is 0.631. The van der Waals surface area contributed by atoms with E-state index in [1.807, 2.05) is 0 Å². The molecule has 0 aliphatic heterocycles. The molecular formula is C13H11FN2S. The molecule has 0 radical (unpaired) electrons. The fraction of sp³-hybridized carbons (Fsp3) is 0. The summed E-state index contributed by atoms with van der Waals surface area (Å²) in [6.07, 6.45) is 4.99. The van der Waals surface area contributed by atoms with E-state index >= 15 is 0 Å². The Kier molecular flexibility index (Phi) is 3.35. The van der Waals surface area contributed by atoms with Gasteiger partial charge in [-0.1, -0.05) is 18.7 Å². The van der Waals surface area contributed by atoms with Crippen molar-refractivity contribution >= 4 is 17.4 Å². The van der Waals surface area contributed by atoms with Crippen molar-refractivity contribution in [3.05, 3.63) is 59.5 Å². The smallest absolute Gasteiger partial charge is 0.133 e. The molecule has 0 spiro atoms. The molecule has 17 heavy (non-hydrogen) atoms. The van der Waals surface area contributed by atoms with Crippen molar-refractivity contribution in [3.63, 3.8) is 0 Å². The van der Waals surface area contributed by atoms with Gasteiger partial charge in [0.05, 0.1) is 0 Å². The molecule has 0 saturated heterocycles. The van der Waals surface area contributed by atoms with E-state index in [4.69, 9.17) is 5.73 Å². The monoisotopic (exact) mass is 246 g/mol. The molecule has 2 N–H and O–H groups in total. The normalized spacial score (nSPS) is 11.5. The van der Waals surface area contributed by atoms with E-state index in [1.165, 1.54) is 17.4 Å². The highest BCUT2D eigenvalue weighted by Crippen LogP contribution is 2.28. The van der Waals surface area contributed by atoms with Crippen molar-refractivity contribution < 1.29 is 4.39 Å². The van der Waals surface area contributed by atoms with E-state index in [9.17, 15) is 4.39 Å². The highest BCUT2D eigenvalue weighted by Gasteiger charge is 2.07. The highest BCUT2D eigenvalue weighted by molar-refractivity contribution is 7.15. The maximum Gasteiger partial charge on any atom is 0.133 e. The van der Waals surface area contributed by atoms with Gasteiger partial charge in [-0.3, -0.25) is 0 Å². The first-order chi connectivity index (χ1) is 8.20. The lowest BCUT2D eigenvalue weighted by Crippen LogP contribution is -1.89. The minimum atomic E-state index is -0.269. The maximum atomic E-state index is 13.5. The van der Waals surface area contributed by atoms with Crippen molar-refractivity contribution in [2.24, 2.45) is 5.73 Å². The van der Waals surface area contributed by atoms with Crippen molar-refractivity contribution in [2.75, 3.05) is 0 Å². The molecule has 1 heterocycles. The molecule has 4 heteroatoms. The summed E-state index contributed by atoms with van der Waals surface area (Å²) in [5.74, 6) is -0.269. The second kappa shape index (κ2) is 4.93. The Morgan fingerprint density at radius 3 is 2.88 bits per heavy atom. The maximum absolute atomic E-state index is 13.5. The van der Waals surface area contributed by atoms with Gasteiger partial charge in [-0.15, -0.1) is 11.3 Å². The summed E-state index contributed by atoms with van der Waals surface area (Å²) in [6.45, 7) is 3.57. The molecule has 0 fully saturated rings. The third-order valence-electron chi connectivity index (χ3n) is 2.17. The first kappa shape index (κ1) is 11.5. The van der Waals surface area contributed by atoms with Crippen LogP contribution in [0, 0.1) is 5.82 Å². The molecule has 1 aromatic heterocycles. The first-order valence-electron chi connectivity index (χ1n) is 5.01. The number of thiazole rings is 1. The molecule has 1 aromatic carbocycles. The third kappa shape index (κ3) is 2.60. The quantitative estimate of drug-likeness (QED) is 0.843. The Morgan fingerprint density at radius 1 is 1.41 bits per heavy atom. The van der Waals surface area contributed by atoms with Crippen molar-refractivity contribution in [3.8, 4) is 10.6 Å². The van der Waals surface area contributed by atoms with Gasteiger partial charge in [-0.2, -0.15) is 0 Å². The molecule has 0 bridgehead atoms. The average molecular weight is 246 g/mol. The summed E-state index contributed by atoms with van der Waals surface area (Å²) in [5.41, 5.74) is 6.70. The van der Waals surface area contributed by atoms with E-state index in [0.717, 1.165) is 4.88 Å². The molecule has 0 aliphatic carbocycles. The number of nitrogens with two attached hydrogens (primary N) is 1. The van der Waals surface area contributed by atoms with Crippen LogP contribution in [0.15, 0.2) is 48.8 Å². The topological polar surface area (TPSA) is 38.9 Å². The van der Waals surface area contributed by atoms with Gasteiger partial charge in [-0.25, -0.2) is 9.37 Å². The second-order valence-corrected chi connectivity index (χ2v) is 4.46. The molecule has 0 amide bonds. The Balaban J connectivity index is 2.37. The van der Waals surface area contributed by atoms with Crippen molar-refractivity contribution in [1.82, 2.24) is 4.98 Å². The summed E-state index contributed by atoms with van der Waals surface area (Å²) in [7, 11) is 0. The lowest BCUT2D eigenvalue weighted by atomic mass is 10.2. The zero-order valence-electron chi connectivity index (χ0n) is 9.06. The van der Waals surface area contributed by atoms with Gasteiger partial charge in [0.1, 0.15) is 10.8 Å². The molecule has 0 aliphatic rings. The zero-order chi connectivity index (χ0) is 12.3. The van der Waals surface area contributed by atoms with Crippen LogP contribution in [0.2, 0.25) is 0 Å². The zero-order valence-corrected chi connectivity index (χ0v) is 9.88. The standard InChI is InChI=1S/C13H11FN2S/c1-2-9(15)7-10-8-16-13(17-10)11-5-3-4-6-12(11)14/h2-8H,1,15H2/b9-7-. The molecule has 2 rings (SSSR count). The Labute approximate surface area is 103 Å². The van der Waals surface area contributed by atoms with E-state index in [0.29, 0.717) is 16.3 Å². The third-order valence-corrected chi connectivity index (χ3v) is 3.15. The number of benzene rings is 1. The van der Waals surface area contributed by atoms with Crippen LogP contribution in [0.25, 0.3) is 16.6 Å². The van der Waals surface area contributed by atoms with Crippen LogP contribution in [-0.4, -0.2) is 4.98 Å². The fourth-order valence-electron chi connectivity index (χ4n) is 1.34. The van der Waals surface area contributed by atoms with Gasteiger partial charge in [-0.05, 0) is 24.3 Å². The summed E-state index contributed by atoms with van der Waals surface area (Å²) >= 11 is 1.39. The summed E-state index contributed by atoms with van der Waals surface area (Å²) in [5, 5.41) is 0.645. The summed E-state index contributed by atoms with van der Waals surface area (Å²) in [6, 6.07) is 6.57. The van der Waals surface area contributed by atoms with Crippen molar-refractivity contribution in [1.29, 1.82) is 0 Å². The largest absolute Gasteiger partial charge is 0.399 e. The number of halogens is 1. The Bertz CT molecular complexity index is 572. The first-order valence-corrected chi connectivity index (χ1v) is 5.82. The van der Waals surface area contributed by atoms with Crippen molar-refractivity contribution in [2.45, 2.75) is 0 Å². The van der Waals surface area contributed by atoms with Gasteiger partial charge in [0.25, 0.3) is 0 Å². The molecule has 2 nitrogen and oxygen atoms in total. The number of rotatable bonds is 3. The van der Waals surface area contributed by atoms with E-state index in [2.05, 4.69) is 11.6 Å². The number of hydrogen-bond acceptors (Lipinski definition) is 3. The number of allylic oxidation sites excluding steroid dienone is 1. The number of nitrogens with zero attached hydrogens (tertiary/aromatic N) is 1. The average Bonchev–Trinajstić information content (AvgIpc) is 2.78. The molecule has 2 aromatic rings. The van der Waals surface area contributed by atoms with Gasteiger partial charge < -0.3 is 5.73 Å². The predicted molar refractivity (Wildman–Crippen MR) is 69.9 cm³/mol. The van der Waals surface area contributed by atoms with Gasteiger partial charge >= 0.3 is 0 Å². The van der Waals surface area contributed by atoms with E-state index < -0.39 is 0 Å². The van der Waals surface area contributed by atoms with Crippen LogP contribution in [-0.2, 0) is 0 Å². The van der Waals surface area contributed by atoms with E-state index in [-0.39, 0.29) is 5.82 Å². The summed E-state index contributed by atoms with van der Waals surface area (Å²) in [4.78, 5) is 5.05. The van der Waals surface area contributed by atoms with E-state index in [1.54, 1.807) is 36.5 Å². The second-order valence-electron chi connectivity index (χ2n) is 3.40. The number of hydrogen-bond donors (Lipinski definition) is 1. The van der Waals surface area contributed by atoms with Gasteiger partial charge in [0.2, 0.25) is 0 Å². The lowest BCUT2D eigenvalue weighted by Gasteiger charge is -1.96. The SMILES string of the molecule is C=C/C(N)=C/c1cnc(-c2ccccc2F)s1. The number of aromatic nitrogens is 1. The van der Waals surface area contributed by atoms with Crippen LogP contribution >= 0.6 is 11.3 Å². The van der Waals surface area contributed by atoms with Crippen LogP contribution in [0.3, 0.4) is 0 Å². The fourth-order valence-corrected chi connectivity index (χ4v) is 2.24. The van der Waals surface area contributed by atoms with Gasteiger partial charge in [0.15, 0.2) is 0 Å². The van der Waals surface area contributed by atoms with Gasteiger partial charge in [0, 0.05) is 22.3 Å². The molecular weight excluding hydrogens is 235 g/mol.